The molecule has 1 amide bonds. The summed E-state index contributed by atoms with van der Waals surface area (Å²) in [5.41, 5.74) is 4.49. The second-order valence-corrected chi connectivity index (χ2v) is 8.50. The van der Waals surface area contributed by atoms with Gasteiger partial charge in [-0.25, -0.2) is 4.68 Å². The summed E-state index contributed by atoms with van der Waals surface area (Å²) in [7, 11) is 0. The predicted molar refractivity (Wildman–Crippen MR) is 108 cm³/mol. The summed E-state index contributed by atoms with van der Waals surface area (Å²) >= 11 is 0. The first-order valence-electron chi connectivity index (χ1n) is 9.84. The number of piperidine rings is 1. The zero-order chi connectivity index (χ0) is 20.5. The van der Waals surface area contributed by atoms with Gasteiger partial charge in [0, 0.05) is 30.8 Å². The number of benzene rings is 1. The maximum Gasteiger partial charge on any atom is 0.303 e. The van der Waals surface area contributed by atoms with Crippen molar-refractivity contribution in [3.8, 4) is 5.69 Å². The number of hydrogen-bond donors (Lipinski definition) is 1. The van der Waals surface area contributed by atoms with Gasteiger partial charge in [0.05, 0.1) is 11.4 Å². The van der Waals surface area contributed by atoms with Crippen LogP contribution in [0.3, 0.4) is 0 Å². The number of nitrogens with zero attached hydrogens (tertiary/aromatic N) is 3. The number of aromatic nitrogens is 2. The fourth-order valence-electron chi connectivity index (χ4n) is 4.04. The molecular weight excluding hydrogens is 354 g/mol. The second-order valence-electron chi connectivity index (χ2n) is 8.50. The van der Waals surface area contributed by atoms with Crippen LogP contribution in [-0.2, 0) is 11.2 Å². The van der Waals surface area contributed by atoms with Gasteiger partial charge in [-0.3, -0.25) is 9.59 Å². The van der Waals surface area contributed by atoms with Crippen LogP contribution in [0.5, 0.6) is 0 Å². The zero-order valence-electron chi connectivity index (χ0n) is 17.2. The third-order valence-corrected chi connectivity index (χ3v) is 5.58. The van der Waals surface area contributed by atoms with Crippen molar-refractivity contribution in [2.75, 3.05) is 13.1 Å². The Labute approximate surface area is 166 Å². The lowest BCUT2D eigenvalue weighted by atomic mass is 9.84. The molecule has 2 heterocycles. The number of carboxylic acids is 1. The summed E-state index contributed by atoms with van der Waals surface area (Å²) in [6.45, 7) is 9.87. The van der Waals surface area contributed by atoms with Crippen LogP contribution >= 0.6 is 0 Å². The first kappa shape index (κ1) is 20.1. The molecule has 0 atom stereocenters. The molecule has 1 aliphatic heterocycles. The average Bonchev–Trinajstić information content (AvgIpc) is 2.92. The lowest BCUT2D eigenvalue weighted by molar-refractivity contribution is -0.136. The number of rotatable bonds is 5. The normalized spacial score (nSPS) is 16.2. The number of amides is 1. The summed E-state index contributed by atoms with van der Waals surface area (Å²) in [6.07, 6.45) is 2.75. The summed E-state index contributed by atoms with van der Waals surface area (Å²) in [5, 5.41) is 13.5. The van der Waals surface area contributed by atoms with Gasteiger partial charge < -0.3 is 10.0 Å². The highest BCUT2D eigenvalue weighted by Crippen LogP contribution is 2.29. The Bertz CT molecular complexity index is 881. The molecule has 1 aromatic heterocycles. The van der Waals surface area contributed by atoms with Crippen molar-refractivity contribution in [1.82, 2.24) is 14.7 Å². The number of carboxylic acid groups (broad SMARTS) is 1. The minimum Gasteiger partial charge on any atom is -0.481 e. The molecule has 0 unspecified atom stereocenters. The molecule has 150 valence electrons. The number of carbonyl (C=O) groups excluding carboxylic acids is 1. The lowest BCUT2D eigenvalue weighted by Gasteiger charge is -2.38. The third kappa shape index (κ3) is 4.26. The quantitative estimate of drug-likeness (QED) is 0.853. The van der Waals surface area contributed by atoms with Crippen molar-refractivity contribution in [3.05, 3.63) is 46.8 Å². The predicted octanol–water partition coefficient (Wildman–Crippen LogP) is 3.77. The van der Waals surface area contributed by atoms with Crippen molar-refractivity contribution in [2.24, 2.45) is 5.41 Å². The Morgan fingerprint density at radius 1 is 1.18 bits per heavy atom. The van der Waals surface area contributed by atoms with Crippen LogP contribution in [0.2, 0.25) is 0 Å². The van der Waals surface area contributed by atoms with Gasteiger partial charge in [0.1, 0.15) is 0 Å². The molecule has 6 nitrogen and oxygen atoms in total. The van der Waals surface area contributed by atoms with Crippen molar-refractivity contribution in [3.63, 3.8) is 0 Å². The molecule has 1 fully saturated rings. The first-order valence-corrected chi connectivity index (χ1v) is 9.84. The fraction of sp³-hybridized carbons (Fsp3) is 0.500. The summed E-state index contributed by atoms with van der Waals surface area (Å²) < 4.78 is 1.82. The number of carbonyl (C=O) groups is 2. The average molecular weight is 383 g/mol. The number of aryl methyl sites for hydroxylation is 1. The van der Waals surface area contributed by atoms with E-state index in [0.29, 0.717) is 12.0 Å². The molecule has 1 aromatic carbocycles. The molecule has 0 saturated carbocycles. The topological polar surface area (TPSA) is 75.4 Å². The Kier molecular flexibility index (Phi) is 5.59. The standard InChI is InChI=1S/C22H29N3O3/c1-15-19(10-11-20(26)27)16(2)25(23-15)18-8-6-17(7-9-18)21(28)24-13-5-12-22(3,4)14-24/h6-9H,5,10-14H2,1-4H3,(H,26,27). The van der Waals surface area contributed by atoms with Crippen LogP contribution in [0.25, 0.3) is 5.69 Å². The number of hydrogen-bond acceptors (Lipinski definition) is 3. The Balaban J connectivity index is 1.78. The second kappa shape index (κ2) is 7.78. The molecule has 28 heavy (non-hydrogen) atoms. The molecule has 0 aliphatic carbocycles. The molecular formula is C22H29N3O3. The van der Waals surface area contributed by atoms with E-state index >= 15 is 0 Å². The van der Waals surface area contributed by atoms with Crippen LogP contribution in [0, 0.1) is 19.3 Å². The first-order chi connectivity index (χ1) is 13.2. The van der Waals surface area contributed by atoms with Crippen LogP contribution in [0.4, 0.5) is 0 Å². The van der Waals surface area contributed by atoms with Crippen molar-refractivity contribution in [1.29, 1.82) is 0 Å². The third-order valence-electron chi connectivity index (χ3n) is 5.58. The summed E-state index contributed by atoms with van der Waals surface area (Å²) in [6, 6.07) is 7.52. The molecule has 0 radical (unpaired) electrons. The summed E-state index contributed by atoms with van der Waals surface area (Å²) in [4.78, 5) is 25.7. The van der Waals surface area contributed by atoms with Gasteiger partial charge in [-0.15, -0.1) is 0 Å². The van der Waals surface area contributed by atoms with Crippen LogP contribution in [0.15, 0.2) is 24.3 Å². The number of aliphatic carboxylic acids is 1. The minimum atomic E-state index is -0.810. The molecule has 0 bridgehead atoms. The van der Waals surface area contributed by atoms with Crippen molar-refractivity contribution in [2.45, 2.75) is 53.4 Å². The maximum atomic E-state index is 12.9. The molecule has 1 aliphatic rings. The lowest BCUT2D eigenvalue weighted by Crippen LogP contribution is -2.43. The molecule has 6 heteroatoms. The van der Waals surface area contributed by atoms with Gasteiger partial charge in [0.2, 0.25) is 0 Å². The Hall–Kier alpha value is -2.63. The Morgan fingerprint density at radius 2 is 1.86 bits per heavy atom. The largest absolute Gasteiger partial charge is 0.481 e. The monoisotopic (exact) mass is 383 g/mol. The maximum absolute atomic E-state index is 12.9. The van der Waals surface area contributed by atoms with E-state index in [1.165, 1.54) is 0 Å². The van der Waals surface area contributed by atoms with Crippen LogP contribution in [0.1, 0.15) is 60.4 Å². The van der Waals surface area contributed by atoms with E-state index in [2.05, 4.69) is 18.9 Å². The Morgan fingerprint density at radius 3 is 2.46 bits per heavy atom. The van der Waals surface area contributed by atoms with Gasteiger partial charge >= 0.3 is 5.97 Å². The molecule has 0 spiro atoms. The van der Waals surface area contributed by atoms with E-state index in [9.17, 15) is 9.59 Å². The molecule has 2 aromatic rings. The van der Waals surface area contributed by atoms with Crippen molar-refractivity contribution < 1.29 is 14.7 Å². The van der Waals surface area contributed by atoms with Gasteiger partial charge in [0.25, 0.3) is 5.91 Å². The fourth-order valence-corrected chi connectivity index (χ4v) is 4.04. The van der Waals surface area contributed by atoms with E-state index in [-0.39, 0.29) is 17.7 Å². The SMILES string of the molecule is Cc1nn(-c2ccc(C(=O)N3CCCC(C)(C)C3)cc2)c(C)c1CCC(=O)O. The van der Waals surface area contributed by atoms with Gasteiger partial charge in [0.15, 0.2) is 0 Å². The van der Waals surface area contributed by atoms with E-state index in [4.69, 9.17) is 5.11 Å². The highest BCUT2D eigenvalue weighted by Gasteiger charge is 2.29. The van der Waals surface area contributed by atoms with Gasteiger partial charge in [-0.1, -0.05) is 13.8 Å². The zero-order valence-corrected chi connectivity index (χ0v) is 17.2. The van der Waals surface area contributed by atoms with Gasteiger partial charge in [-0.05, 0) is 68.4 Å². The highest BCUT2D eigenvalue weighted by atomic mass is 16.4. The van der Waals surface area contributed by atoms with Crippen LogP contribution in [-0.4, -0.2) is 44.8 Å². The number of likely N-dealkylation sites (tertiary alicyclic amines) is 1. The van der Waals surface area contributed by atoms with Gasteiger partial charge in [-0.2, -0.15) is 5.10 Å². The molecule has 1 N–H and O–H groups in total. The highest BCUT2D eigenvalue weighted by molar-refractivity contribution is 5.94. The minimum absolute atomic E-state index is 0.0786. The van der Waals surface area contributed by atoms with E-state index in [1.54, 1.807) is 0 Å². The van der Waals surface area contributed by atoms with E-state index < -0.39 is 5.97 Å². The van der Waals surface area contributed by atoms with Crippen molar-refractivity contribution >= 4 is 11.9 Å². The smallest absolute Gasteiger partial charge is 0.303 e. The van der Waals surface area contributed by atoms with E-state index in [0.717, 1.165) is 48.6 Å². The summed E-state index contributed by atoms with van der Waals surface area (Å²) in [5.74, 6) is -0.731. The molecule has 3 rings (SSSR count). The van der Waals surface area contributed by atoms with Crippen LogP contribution < -0.4 is 0 Å². The van der Waals surface area contributed by atoms with E-state index in [1.807, 2.05) is 47.7 Å². The molecule has 1 saturated heterocycles.